The maximum absolute atomic E-state index is 11.3. The quantitative estimate of drug-likeness (QED) is 0.432. The summed E-state index contributed by atoms with van der Waals surface area (Å²) in [5.74, 6) is -0.365. The van der Waals surface area contributed by atoms with E-state index in [0.717, 1.165) is 0 Å². The third kappa shape index (κ3) is 3.23. The number of amides is 1. The Bertz CT molecular complexity index is 280. The van der Waals surface area contributed by atoms with E-state index in [4.69, 9.17) is 13.6 Å². The maximum atomic E-state index is 11.3. The second-order valence-corrected chi connectivity index (χ2v) is 4.34. The van der Waals surface area contributed by atoms with Crippen molar-refractivity contribution in [3.05, 3.63) is 12.2 Å². The molecule has 0 atom stereocenters. The van der Waals surface area contributed by atoms with Gasteiger partial charge in [-0.3, -0.25) is 18.4 Å². The lowest BCUT2D eigenvalue weighted by Crippen LogP contribution is -2.25. The van der Waals surface area contributed by atoms with Gasteiger partial charge in [-0.15, -0.1) is 0 Å². The Morgan fingerprint density at radius 3 is 2.64 bits per heavy atom. The molecule has 1 rings (SSSR count). The molecule has 0 unspecified atom stereocenters. The molecule has 0 spiro atoms. The normalized spacial score (nSPS) is 19.2. The van der Waals surface area contributed by atoms with Crippen LogP contribution < -0.4 is 5.32 Å². The first-order valence-corrected chi connectivity index (χ1v) is 5.47. The largest absolute Gasteiger partial charge is 0.476 e. The zero-order chi connectivity index (χ0) is 10.6. The van der Waals surface area contributed by atoms with Gasteiger partial charge < -0.3 is 5.32 Å². The number of hydrogen-bond acceptors (Lipinski definition) is 5. The fraction of sp³-hybridized carbons (Fsp3) is 0.571. The van der Waals surface area contributed by atoms with E-state index in [0.29, 0.717) is 5.57 Å². The molecule has 1 aliphatic rings. The topological polar surface area (TPSA) is 73.9 Å². The molecule has 1 fully saturated rings. The number of hydrogen-bond donors (Lipinski definition) is 1. The molecule has 0 bridgehead atoms. The standard InChI is InChI=1S/C7H12NO5P/c1-6(2)7(9)8-5-13-14(10)11-3-4-12-14/h1,3-5H2,2H3,(H,8,9). The van der Waals surface area contributed by atoms with Gasteiger partial charge in [0.2, 0.25) is 5.91 Å². The Morgan fingerprint density at radius 1 is 1.57 bits per heavy atom. The van der Waals surface area contributed by atoms with Crippen LogP contribution in [0.4, 0.5) is 0 Å². The van der Waals surface area contributed by atoms with E-state index in [2.05, 4.69) is 11.9 Å². The van der Waals surface area contributed by atoms with Crippen LogP contribution in [0.25, 0.3) is 0 Å². The van der Waals surface area contributed by atoms with Gasteiger partial charge in [-0.2, -0.15) is 0 Å². The van der Waals surface area contributed by atoms with Gasteiger partial charge in [0.15, 0.2) is 0 Å². The van der Waals surface area contributed by atoms with Crippen LogP contribution in [0.5, 0.6) is 0 Å². The molecule has 0 aromatic heterocycles. The van der Waals surface area contributed by atoms with Crippen LogP contribution in [0, 0.1) is 0 Å². The molecule has 0 aliphatic carbocycles. The van der Waals surface area contributed by atoms with Crippen LogP contribution >= 0.6 is 7.82 Å². The van der Waals surface area contributed by atoms with Crippen LogP contribution in [-0.4, -0.2) is 25.9 Å². The van der Waals surface area contributed by atoms with Crippen molar-refractivity contribution >= 4 is 13.7 Å². The summed E-state index contributed by atoms with van der Waals surface area (Å²) < 4.78 is 25.5. The number of phosphoric ester groups is 1. The lowest BCUT2D eigenvalue weighted by atomic mass is 10.3. The highest BCUT2D eigenvalue weighted by Gasteiger charge is 2.31. The van der Waals surface area contributed by atoms with Crippen molar-refractivity contribution in [1.82, 2.24) is 5.32 Å². The Kier molecular flexibility index (Phi) is 3.83. The van der Waals surface area contributed by atoms with Crippen LogP contribution in [0.15, 0.2) is 12.2 Å². The van der Waals surface area contributed by atoms with Crippen LogP contribution in [0.3, 0.4) is 0 Å². The summed E-state index contributed by atoms with van der Waals surface area (Å²) in [5, 5.41) is 2.34. The van der Waals surface area contributed by atoms with E-state index in [9.17, 15) is 9.36 Å². The third-order valence-electron chi connectivity index (χ3n) is 1.43. The first-order valence-electron chi connectivity index (χ1n) is 4.01. The van der Waals surface area contributed by atoms with Gasteiger partial charge in [0, 0.05) is 5.57 Å². The summed E-state index contributed by atoms with van der Waals surface area (Å²) in [5.41, 5.74) is 0.347. The van der Waals surface area contributed by atoms with Gasteiger partial charge in [-0.1, -0.05) is 6.58 Å². The van der Waals surface area contributed by atoms with Gasteiger partial charge in [0.05, 0.1) is 13.2 Å². The minimum Gasteiger partial charge on any atom is -0.329 e. The van der Waals surface area contributed by atoms with E-state index in [-0.39, 0.29) is 25.9 Å². The third-order valence-corrected chi connectivity index (χ3v) is 2.87. The zero-order valence-electron chi connectivity index (χ0n) is 7.82. The molecule has 0 aromatic carbocycles. The molecule has 0 saturated carbocycles. The predicted octanol–water partition coefficient (Wildman–Crippen LogP) is 0.808. The van der Waals surface area contributed by atoms with Gasteiger partial charge in [-0.25, -0.2) is 4.57 Å². The first-order chi connectivity index (χ1) is 6.53. The Labute approximate surface area is 81.8 Å². The van der Waals surface area contributed by atoms with E-state index in [1.54, 1.807) is 6.92 Å². The molecule has 14 heavy (non-hydrogen) atoms. The van der Waals surface area contributed by atoms with Crippen LogP contribution in [0.1, 0.15) is 6.92 Å². The first kappa shape index (κ1) is 11.4. The summed E-state index contributed by atoms with van der Waals surface area (Å²) >= 11 is 0. The summed E-state index contributed by atoms with van der Waals surface area (Å²) in [6.45, 7) is 5.24. The highest BCUT2D eigenvalue weighted by Crippen LogP contribution is 2.52. The number of phosphoric acid groups is 1. The van der Waals surface area contributed by atoms with Crippen molar-refractivity contribution in [2.75, 3.05) is 19.9 Å². The van der Waals surface area contributed by atoms with Gasteiger partial charge in [0.1, 0.15) is 6.73 Å². The minimum atomic E-state index is -3.40. The van der Waals surface area contributed by atoms with E-state index in [1.807, 2.05) is 0 Å². The Balaban J connectivity index is 2.24. The summed E-state index contributed by atoms with van der Waals surface area (Å²) in [4.78, 5) is 11.0. The molecule has 80 valence electrons. The van der Waals surface area contributed by atoms with Crippen LogP contribution in [0.2, 0.25) is 0 Å². The number of carbonyl (C=O) groups is 1. The molecule has 7 heteroatoms. The lowest BCUT2D eigenvalue weighted by molar-refractivity contribution is -0.118. The van der Waals surface area contributed by atoms with Crippen molar-refractivity contribution in [3.63, 3.8) is 0 Å². The molecule has 1 heterocycles. The Morgan fingerprint density at radius 2 is 2.14 bits per heavy atom. The summed E-state index contributed by atoms with van der Waals surface area (Å²) in [7, 11) is -3.40. The molecule has 1 N–H and O–H groups in total. The molecular weight excluding hydrogens is 209 g/mol. The second kappa shape index (κ2) is 4.70. The van der Waals surface area contributed by atoms with Crippen molar-refractivity contribution in [1.29, 1.82) is 0 Å². The molecule has 1 saturated heterocycles. The maximum Gasteiger partial charge on any atom is 0.476 e. The van der Waals surface area contributed by atoms with Gasteiger partial charge in [-0.05, 0) is 6.92 Å². The number of nitrogens with one attached hydrogen (secondary N) is 1. The molecule has 1 amide bonds. The summed E-state index contributed by atoms with van der Waals surface area (Å²) in [6.07, 6.45) is 0. The van der Waals surface area contributed by atoms with E-state index < -0.39 is 7.82 Å². The molecule has 0 radical (unpaired) electrons. The highest BCUT2D eigenvalue weighted by atomic mass is 31.2. The minimum absolute atomic E-state index is 0.219. The zero-order valence-corrected chi connectivity index (χ0v) is 8.71. The second-order valence-electron chi connectivity index (χ2n) is 2.67. The monoisotopic (exact) mass is 221 g/mol. The SMILES string of the molecule is C=C(C)C(=O)NCOP1(=O)OCCO1. The molecule has 1 aliphatic heterocycles. The molecule has 0 aromatic rings. The summed E-state index contributed by atoms with van der Waals surface area (Å²) in [6, 6.07) is 0. The molecule has 6 nitrogen and oxygen atoms in total. The van der Waals surface area contributed by atoms with E-state index in [1.165, 1.54) is 0 Å². The van der Waals surface area contributed by atoms with Crippen molar-refractivity contribution in [3.8, 4) is 0 Å². The Hall–Kier alpha value is -0.680. The van der Waals surface area contributed by atoms with Crippen LogP contribution in [-0.2, 0) is 22.9 Å². The van der Waals surface area contributed by atoms with Gasteiger partial charge in [0.25, 0.3) is 0 Å². The molecular formula is C7H12NO5P. The van der Waals surface area contributed by atoms with Crippen molar-refractivity contribution in [2.24, 2.45) is 0 Å². The average molecular weight is 221 g/mol. The predicted molar refractivity (Wildman–Crippen MR) is 48.4 cm³/mol. The number of carbonyl (C=O) groups excluding carboxylic acids is 1. The van der Waals surface area contributed by atoms with Crippen molar-refractivity contribution in [2.45, 2.75) is 6.92 Å². The lowest BCUT2D eigenvalue weighted by Gasteiger charge is -2.10. The fourth-order valence-corrected chi connectivity index (χ4v) is 1.78. The number of rotatable bonds is 4. The van der Waals surface area contributed by atoms with E-state index >= 15 is 0 Å². The van der Waals surface area contributed by atoms with Crippen molar-refractivity contribution < 1.29 is 22.9 Å². The van der Waals surface area contributed by atoms with Gasteiger partial charge >= 0.3 is 7.82 Å². The average Bonchev–Trinajstić information content (AvgIpc) is 2.52. The smallest absolute Gasteiger partial charge is 0.329 e. The fourth-order valence-electron chi connectivity index (χ4n) is 0.738. The highest BCUT2D eigenvalue weighted by molar-refractivity contribution is 7.48.